The van der Waals surface area contributed by atoms with E-state index in [1.54, 1.807) is 0 Å². The molecular formula is C34H77O20Si5. The fourth-order valence-electron chi connectivity index (χ4n) is 6.13. The lowest BCUT2D eigenvalue weighted by Crippen LogP contribution is -2.64. The minimum Gasteiger partial charge on any atom is -0.416 e. The molecule has 9 unspecified atom stereocenters. The molecule has 353 valence electrons. The van der Waals surface area contributed by atoms with Gasteiger partial charge in [-0.2, -0.15) is 0 Å². The SMILES string of the molecule is C[Si]1(CCCOCC(O)CO)O[Si](CCCOCC(O)CO)O[Si](C)(CCCOCC(O)CO)O[Si](C)(CCCOCC(O)CO)O[Si](C)(CCCOCC(O)CO)O1. The van der Waals surface area contributed by atoms with Crippen molar-refractivity contribution in [2.75, 3.05) is 99.1 Å². The third-order valence-electron chi connectivity index (χ3n) is 8.91. The molecule has 9 atom stereocenters. The van der Waals surface area contributed by atoms with Crippen LogP contribution in [0.2, 0.25) is 56.4 Å². The molecule has 0 spiro atoms. The second kappa shape index (κ2) is 32.0. The third-order valence-corrected chi connectivity index (χ3v) is 30.4. The summed E-state index contributed by atoms with van der Waals surface area (Å²) in [4.78, 5) is 0. The summed E-state index contributed by atoms with van der Waals surface area (Å²) in [7, 11) is -15.1. The van der Waals surface area contributed by atoms with Crippen LogP contribution in [0.1, 0.15) is 32.1 Å². The standard InChI is InChI=1S/C34H77O20Si5/c1-56(16-6-11-46-26-31(41)21-36)50-55(15-5-10-45-25-30(40)20-35)51-57(2,17-7-12-47-27-32(42)22-37)53-59(4,19-9-14-49-29-34(44)24-39)54-58(3,52-56)18-8-13-48-28-33(43)23-38/h30-44H,5-29H2,1-4H3. The Morgan fingerprint density at radius 1 is 0.390 bits per heavy atom. The van der Waals surface area contributed by atoms with E-state index in [2.05, 4.69) is 0 Å². The number of aliphatic hydroxyl groups excluding tert-OH is 10. The van der Waals surface area contributed by atoms with E-state index in [-0.39, 0.29) is 66.1 Å². The highest BCUT2D eigenvalue weighted by molar-refractivity contribution is 6.91. The Hall–Kier alpha value is 0.284. The predicted octanol–water partition coefficient (Wildman–Crippen LogP) is -1.34. The van der Waals surface area contributed by atoms with Crippen molar-refractivity contribution in [3.05, 3.63) is 0 Å². The quantitative estimate of drug-likeness (QED) is 0.0260. The van der Waals surface area contributed by atoms with Gasteiger partial charge in [0.2, 0.25) is 0 Å². The molecule has 1 heterocycles. The molecule has 0 aromatic carbocycles. The minimum atomic E-state index is -3.24. The van der Waals surface area contributed by atoms with Crippen molar-refractivity contribution >= 4 is 43.5 Å². The second-order valence-corrected chi connectivity index (χ2v) is 31.9. The second-order valence-electron chi connectivity index (χ2n) is 15.5. The van der Waals surface area contributed by atoms with E-state index in [4.69, 9.17) is 44.3 Å². The lowest BCUT2D eigenvalue weighted by molar-refractivity contribution is 0.00563. The van der Waals surface area contributed by atoms with Crippen LogP contribution < -0.4 is 0 Å². The summed E-state index contributed by atoms with van der Waals surface area (Å²) in [6.45, 7) is 7.01. The summed E-state index contributed by atoms with van der Waals surface area (Å²) < 4.78 is 63.9. The number of rotatable bonds is 35. The smallest absolute Gasteiger partial charge is 0.365 e. The Morgan fingerprint density at radius 2 is 0.627 bits per heavy atom. The first-order chi connectivity index (χ1) is 28.0. The van der Waals surface area contributed by atoms with E-state index in [1.165, 1.54) is 0 Å². The number of aliphatic hydroxyl groups is 10. The van der Waals surface area contributed by atoms with E-state index < -0.39 is 107 Å². The molecule has 1 rings (SSSR count). The molecular weight excluding hydrogens is 869 g/mol. The molecule has 1 fully saturated rings. The zero-order valence-electron chi connectivity index (χ0n) is 35.6. The Labute approximate surface area is 356 Å². The Balaban J connectivity index is 3.60. The molecule has 0 saturated carbocycles. The molecule has 0 amide bonds. The Morgan fingerprint density at radius 3 is 0.898 bits per heavy atom. The number of hydrogen-bond acceptors (Lipinski definition) is 20. The lowest BCUT2D eigenvalue weighted by atomic mass is 10.4. The fraction of sp³-hybridized carbons (Fsp3) is 1.00. The van der Waals surface area contributed by atoms with Crippen LogP contribution in [0.15, 0.2) is 0 Å². The van der Waals surface area contributed by atoms with Gasteiger partial charge < -0.3 is 95.3 Å². The molecule has 59 heavy (non-hydrogen) atoms. The van der Waals surface area contributed by atoms with Gasteiger partial charge >= 0.3 is 43.5 Å². The maximum absolute atomic E-state index is 9.80. The molecule has 0 bridgehead atoms. The van der Waals surface area contributed by atoms with Crippen LogP contribution in [0.25, 0.3) is 0 Å². The van der Waals surface area contributed by atoms with Crippen molar-refractivity contribution in [2.24, 2.45) is 0 Å². The molecule has 1 aliphatic rings. The first-order valence-corrected chi connectivity index (χ1v) is 32.3. The maximum atomic E-state index is 9.80. The molecule has 0 aromatic heterocycles. The summed E-state index contributed by atoms with van der Waals surface area (Å²) in [6.07, 6.45) is -2.45. The van der Waals surface area contributed by atoms with Gasteiger partial charge in [0, 0.05) is 33.0 Å². The van der Waals surface area contributed by atoms with Gasteiger partial charge in [-0.1, -0.05) is 0 Å². The summed E-state index contributed by atoms with van der Waals surface area (Å²) in [5.74, 6) is 0. The maximum Gasteiger partial charge on any atom is 0.365 e. The van der Waals surface area contributed by atoms with Crippen LogP contribution in [0.5, 0.6) is 0 Å². The predicted molar refractivity (Wildman–Crippen MR) is 224 cm³/mol. The highest BCUT2D eigenvalue weighted by Gasteiger charge is 2.54. The van der Waals surface area contributed by atoms with Gasteiger partial charge in [0.15, 0.2) is 0 Å². The van der Waals surface area contributed by atoms with Crippen molar-refractivity contribution < 1.29 is 95.3 Å². The van der Waals surface area contributed by atoms with Crippen LogP contribution in [0.3, 0.4) is 0 Å². The molecule has 0 aromatic rings. The summed E-state index contributed by atoms with van der Waals surface area (Å²) >= 11 is 0. The minimum absolute atomic E-state index is 0.0298. The van der Waals surface area contributed by atoms with E-state index in [0.717, 1.165) is 0 Å². The average Bonchev–Trinajstić information content (AvgIpc) is 3.18. The van der Waals surface area contributed by atoms with Gasteiger partial charge in [0.1, 0.15) is 30.5 Å². The molecule has 20 nitrogen and oxygen atoms in total. The van der Waals surface area contributed by atoms with Gasteiger partial charge in [0.25, 0.3) is 0 Å². The molecule has 1 radical (unpaired) electrons. The van der Waals surface area contributed by atoms with Crippen molar-refractivity contribution in [1.82, 2.24) is 0 Å². The number of hydrogen-bond donors (Lipinski definition) is 10. The Bertz CT molecular complexity index is 975. The zero-order valence-corrected chi connectivity index (χ0v) is 40.6. The van der Waals surface area contributed by atoms with Crippen LogP contribution in [0, 0.1) is 0 Å². The van der Waals surface area contributed by atoms with Gasteiger partial charge in [-0.15, -0.1) is 0 Å². The third kappa shape index (κ3) is 27.3. The Kier molecular flexibility index (Phi) is 31.1. The largest absolute Gasteiger partial charge is 0.416 e. The van der Waals surface area contributed by atoms with Gasteiger partial charge in [-0.25, -0.2) is 0 Å². The first-order valence-electron chi connectivity index (χ1n) is 20.7. The van der Waals surface area contributed by atoms with Gasteiger partial charge in [0.05, 0.1) is 66.1 Å². The summed E-state index contributed by atoms with van der Waals surface area (Å²) in [5, 5.41) is 95.1. The van der Waals surface area contributed by atoms with Crippen LogP contribution in [-0.4, -0.2) is 224 Å². The monoisotopic (exact) mass is 945 g/mol. The van der Waals surface area contributed by atoms with Crippen LogP contribution >= 0.6 is 0 Å². The van der Waals surface area contributed by atoms with Gasteiger partial charge in [-0.3, -0.25) is 0 Å². The lowest BCUT2D eigenvalue weighted by Gasteiger charge is -2.48. The van der Waals surface area contributed by atoms with Crippen LogP contribution in [0.4, 0.5) is 0 Å². The average molecular weight is 946 g/mol. The topological polar surface area (TPSA) is 295 Å². The van der Waals surface area contributed by atoms with Crippen molar-refractivity contribution in [2.45, 2.75) is 119 Å². The molecule has 1 saturated heterocycles. The highest BCUT2D eigenvalue weighted by atomic mass is 28.5. The zero-order chi connectivity index (χ0) is 44.2. The van der Waals surface area contributed by atoms with E-state index >= 15 is 0 Å². The van der Waals surface area contributed by atoms with E-state index in [9.17, 15) is 51.1 Å². The van der Waals surface area contributed by atoms with Crippen LogP contribution in [-0.2, 0) is 44.3 Å². The molecule has 1 aliphatic heterocycles. The highest BCUT2D eigenvalue weighted by Crippen LogP contribution is 2.36. The normalized spacial score (nSPS) is 27.4. The van der Waals surface area contributed by atoms with E-state index in [0.29, 0.717) is 62.3 Å². The van der Waals surface area contributed by atoms with Crippen molar-refractivity contribution in [3.8, 4) is 0 Å². The summed E-state index contributed by atoms with van der Waals surface area (Å²) in [6, 6.07) is 2.37. The molecule has 25 heteroatoms. The molecule has 0 aliphatic carbocycles. The van der Waals surface area contributed by atoms with Crippen molar-refractivity contribution in [1.29, 1.82) is 0 Å². The molecule has 10 N–H and O–H groups in total. The first kappa shape index (κ1) is 57.3. The summed E-state index contributed by atoms with van der Waals surface area (Å²) in [5.41, 5.74) is 0. The van der Waals surface area contributed by atoms with Gasteiger partial charge in [-0.05, 0) is 88.5 Å². The fourth-order valence-corrected chi connectivity index (χ4v) is 31.3. The van der Waals surface area contributed by atoms with Crippen molar-refractivity contribution in [3.63, 3.8) is 0 Å². The van der Waals surface area contributed by atoms with E-state index in [1.807, 2.05) is 26.2 Å². The number of ether oxygens (including phenoxy) is 5.